The number of rotatable bonds is 6. The molecular formula is C22H27ClN2O5S. The summed E-state index contributed by atoms with van der Waals surface area (Å²) in [6, 6.07) is 9.98. The second-order valence-corrected chi connectivity index (χ2v) is 10.6. The number of carbonyl (C=O) groups excluding carboxylic acids is 1. The van der Waals surface area contributed by atoms with E-state index < -0.39 is 21.5 Å². The minimum atomic E-state index is -3.69. The quantitative estimate of drug-likeness (QED) is 0.699. The van der Waals surface area contributed by atoms with Gasteiger partial charge < -0.3 is 14.8 Å². The van der Waals surface area contributed by atoms with Crippen LogP contribution in [0, 0.1) is 6.92 Å². The lowest BCUT2D eigenvalue weighted by molar-refractivity contribution is -0.120. The number of fused-ring (bicyclic) bond motifs is 1. The summed E-state index contributed by atoms with van der Waals surface area (Å²) in [4.78, 5) is 13.0. The molecular weight excluding hydrogens is 440 g/mol. The predicted molar refractivity (Wildman–Crippen MR) is 122 cm³/mol. The molecule has 1 amide bonds. The number of ether oxygens (including phenoxy) is 2. The Morgan fingerprint density at radius 3 is 2.61 bits per heavy atom. The molecule has 0 spiro atoms. The molecule has 1 aliphatic heterocycles. The van der Waals surface area contributed by atoms with Crippen LogP contribution in [0.15, 0.2) is 36.4 Å². The molecule has 168 valence electrons. The van der Waals surface area contributed by atoms with Crippen molar-refractivity contribution in [2.24, 2.45) is 0 Å². The third-order valence-corrected chi connectivity index (χ3v) is 6.49. The number of carbonyl (C=O) groups is 1. The molecule has 2 aromatic carbocycles. The van der Waals surface area contributed by atoms with Crippen LogP contribution in [-0.2, 0) is 14.8 Å². The maximum absolute atomic E-state index is 13.0. The number of anilines is 1. The summed E-state index contributed by atoms with van der Waals surface area (Å²) in [5.41, 5.74) is 1.39. The highest BCUT2D eigenvalue weighted by Crippen LogP contribution is 2.41. The van der Waals surface area contributed by atoms with Crippen LogP contribution in [0.1, 0.15) is 37.4 Å². The summed E-state index contributed by atoms with van der Waals surface area (Å²) in [7, 11) is -2.12. The third-order valence-electron chi connectivity index (χ3n) is 5.13. The lowest BCUT2D eigenvalue weighted by Crippen LogP contribution is -2.45. The summed E-state index contributed by atoms with van der Waals surface area (Å²) < 4.78 is 37.3. The van der Waals surface area contributed by atoms with E-state index in [1.54, 1.807) is 44.4 Å². The van der Waals surface area contributed by atoms with E-state index in [4.69, 9.17) is 21.1 Å². The lowest BCUT2D eigenvalue weighted by atomic mass is 9.89. The Morgan fingerprint density at radius 2 is 2.00 bits per heavy atom. The van der Waals surface area contributed by atoms with Crippen LogP contribution in [0.3, 0.4) is 0 Å². The van der Waals surface area contributed by atoms with Gasteiger partial charge in [0.05, 0.1) is 25.1 Å². The van der Waals surface area contributed by atoms with Crippen molar-refractivity contribution in [1.82, 2.24) is 5.32 Å². The molecule has 31 heavy (non-hydrogen) atoms. The van der Waals surface area contributed by atoms with E-state index in [1.165, 1.54) is 0 Å². The number of halogens is 1. The largest absolute Gasteiger partial charge is 0.497 e. The van der Waals surface area contributed by atoms with Gasteiger partial charge in [0.2, 0.25) is 15.9 Å². The first-order valence-electron chi connectivity index (χ1n) is 9.80. The van der Waals surface area contributed by atoms with E-state index in [-0.39, 0.29) is 12.6 Å². The third kappa shape index (κ3) is 5.43. The van der Waals surface area contributed by atoms with E-state index in [0.29, 0.717) is 34.2 Å². The Hall–Kier alpha value is -2.45. The number of benzene rings is 2. The summed E-state index contributed by atoms with van der Waals surface area (Å²) in [5.74, 6) is 0.877. The fraction of sp³-hybridized carbons (Fsp3) is 0.409. The normalized spacial score (nSPS) is 17.3. The van der Waals surface area contributed by atoms with Gasteiger partial charge >= 0.3 is 0 Å². The van der Waals surface area contributed by atoms with Gasteiger partial charge in [-0.25, -0.2) is 8.42 Å². The molecule has 1 atom stereocenters. The van der Waals surface area contributed by atoms with Crippen molar-refractivity contribution < 1.29 is 22.7 Å². The molecule has 3 rings (SSSR count). The van der Waals surface area contributed by atoms with Crippen LogP contribution >= 0.6 is 11.6 Å². The predicted octanol–water partition coefficient (Wildman–Crippen LogP) is 3.84. The van der Waals surface area contributed by atoms with Gasteiger partial charge in [-0.05, 0) is 56.7 Å². The van der Waals surface area contributed by atoms with Gasteiger partial charge in [0.15, 0.2) is 0 Å². The van der Waals surface area contributed by atoms with E-state index in [2.05, 4.69) is 5.32 Å². The fourth-order valence-corrected chi connectivity index (χ4v) is 4.88. The van der Waals surface area contributed by atoms with Crippen LogP contribution < -0.4 is 19.1 Å². The van der Waals surface area contributed by atoms with E-state index in [1.807, 2.05) is 19.9 Å². The molecule has 0 fully saturated rings. The van der Waals surface area contributed by atoms with Gasteiger partial charge in [-0.15, -0.1) is 0 Å². The first-order valence-corrected chi connectivity index (χ1v) is 12.0. The number of amides is 1. The van der Waals surface area contributed by atoms with Crippen molar-refractivity contribution in [2.75, 3.05) is 24.2 Å². The number of aryl methyl sites for hydroxylation is 1. The zero-order valence-electron chi connectivity index (χ0n) is 18.2. The molecule has 0 aromatic heterocycles. The zero-order chi connectivity index (χ0) is 23.0. The maximum atomic E-state index is 13.0. The molecule has 1 aliphatic rings. The van der Waals surface area contributed by atoms with Crippen LogP contribution in [0.2, 0.25) is 5.02 Å². The van der Waals surface area contributed by atoms with Gasteiger partial charge in [0.25, 0.3) is 0 Å². The van der Waals surface area contributed by atoms with Crippen molar-refractivity contribution in [3.8, 4) is 11.5 Å². The van der Waals surface area contributed by atoms with Crippen molar-refractivity contribution >= 4 is 33.2 Å². The van der Waals surface area contributed by atoms with Gasteiger partial charge in [-0.1, -0.05) is 11.6 Å². The second kappa shape index (κ2) is 8.59. The standard InChI is InChI=1S/C22H27ClN2O5S/c1-14-10-15(23)6-9-19(14)25(31(5,27)28)13-21(26)24-18-12-22(2,3)30-20-11-16(29-4)7-8-17(18)20/h6-11,18H,12-13H2,1-5H3,(H,24,26). The molecule has 0 radical (unpaired) electrons. The van der Waals surface area contributed by atoms with Crippen molar-refractivity contribution in [3.63, 3.8) is 0 Å². The maximum Gasteiger partial charge on any atom is 0.241 e. The Morgan fingerprint density at radius 1 is 1.29 bits per heavy atom. The summed E-state index contributed by atoms with van der Waals surface area (Å²) in [6.45, 7) is 5.29. The Bertz CT molecular complexity index is 1100. The number of sulfonamides is 1. The Balaban J connectivity index is 1.86. The van der Waals surface area contributed by atoms with E-state index in [9.17, 15) is 13.2 Å². The summed E-state index contributed by atoms with van der Waals surface area (Å²) in [6.07, 6.45) is 1.62. The van der Waals surface area contributed by atoms with Gasteiger partial charge in [-0.3, -0.25) is 9.10 Å². The van der Waals surface area contributed by atoms with Crippen molar-refractivity contribution in [3.05, 3.63) is 52.5 Å². The van der Waals surface area contributed by atoms with Crippen LogP contribution in [0.25, 0.3) is 0 Å². The number of hydrogen-bond acceptors (Lipinski definition) is 5. The number of nitrogens with zero attached hydrogens (tertiary/aromatic N) is 1. The average Bonchev–Trinajstić information content (AvgIpc) is 2.64. The van der Waals surface area contributed by atoms with Crippen molar-refractivity contribution in [2.45, 2.75) is 38.8 Å². The molecule has 1 N–H and O–H groups in total. The van der Waals surface area contributed by atoms with Crippen molar-refractivity contribution in [1.29, 1.82) is 0 Å². The molecule has 2 aromatic rings. The van der Waals surface area contributed by atoms with Crippen LogP contribution in [0.5, 0.6) is 11.5 Å². The molecule has 9 heteroatoms. The SMILES string of the molecule is COc1ccc2c(c1)OC(C)(C)CC2NC(=O)CN(c1ccc(Cl)cc1C)S(C)(=O)=O. The number of nitrogens with one attached hydrogen (secondary N) is 1. The highest BCUT2D eigenvalue weighted by Gasteiger charge is 2.35. The molecule has 0 bridgehead atoms. The topological polar surface area (TPSA) is 84.9 Å². The molecule has 0 saturated carbocycles. The highest BCUT2D eigenvalue weighted by atomic mass is 35.5. The lowest BCUT2D eigenvalue weighted by Gasteiger charge is -2.38. The Labute approximate surface area is 188 Å². The van der Waals surface area contributed by atoms with Gasteiger partial charge in [0, 0.05) is 23.1 Å². The first-order chi connectivity index (χ1) is 14.4. The summed E-state index contributed by atoms with van der Waals surface area (Å²) in [5, 5.41) is 3.48. The number of hydrogen-bond donors (Lipinski definition) is 1. The fourth-order valence-electron chi connectivity index (χ4n) is 3.74. The monoisotopic (exact) mass is 466 g/mol. The minimum absolute atomic E-state index is 0.329. The minimum Gasteiger partial charge on any atom is -0.497 e. The van der Waals surface area contributed by atoms with E-state index >= 15 is 0 Å². The number of methoxy groups -OCH3 is 1. The van der Waals surface area contributed by atoms with Gasteiger partial charge in [0.1, 0.15) is 23.6 Å². The molecule has 1 unspecified atom stereocenters. The average molecular weight is 467 g/mol. The molecule has 0 saturated heterocycles. The first kappa shape index (κ1) is 23.2. The van der Waals surface area contributed by atoms with Crippen LogP contribution in [0.4, 0.5) is 5.69 Å². The van der Waals surface area contributed by atoms with E-state index in [0.717, 1.165) is 16.1 Å². The molecule has 0 aliphatic carbocycles. The Kier molecular flexibility index (Phi) is 6.43. The molecule has 1 heterocycles. The zero-order valence-corrected chi connectivity index (χ0v) is 19.8. The molecule has 7 nitrogen and oxygen atoms in total. The highest BCUT2D eigenvalue weighted by molar-refractivity contribution is 7.92. The van der Waals surface area contributed by atoms with Gasteiger partial charge in [-0.2, -0.15) is 0 Å². The van der Waals surface area contributed by atoms with Crippen LogP contribution in [-0.4, -0.2) is 39.8 Å². The second-order valence-electron chi connectivity index (χ2n) is 8.29. The summed E-state index contributed by atoms with van der Waals surface area (Å²) >= 11 is 6.00. The smallest absolute Gasteiger partial charge is 0.241 e.